The van der Waals surface area contributed by atoms with Gasteiger partial charge in [-0.15, -0.1) is 0 Å². The van der Waals surface area contributed by atoms with E-state index in [0.29, 0.717) is 5.69 Å². The lowest BCUT2D eigenvalue weighted by molar-refractivity contribution is -0.137. The van der Waals surface area contributed by atoms with Gasteiger partial charge < -0.3 is 30.3 Å². The van der Waals surface area contributed by atoms with Gasteiger partial charge in [0.15, 0.2) is 0 Å². The minimum absolute atomic E-state index is 0.0666. The number of benzene rings is 2. The van der Waals surface area contributed by atoms with Crippen molar-refractivity contribution >= 4 is 29.2 Å². The van der Waals surface area contributed by atoms with Gasteiger partial charge in [0, 0.05) is 36.8 Å². The minimum atomic E-state index is -4.48. The van der Waals surface area contributed by atoms with E-state index in [9.17, 15) is 32.7 Å². The van der Waals surface area contributed by atoms with Crippen LogP contribution in [-0.2, 0) is 11.0 Å². The number of hydrogen-bond acceptors (Lipinski definition) is 5. The largest absolute Gasteiger partial charge is 0.487 e. The molecule has 2 aromatic rings. The van der Waals surface area contributed by atoms with Crippen LogP contribution in [-0.4, -0.2) is 71.6 Å². The summed E-state index contributed by atoms with van der Waals surface area (Å²) in [6.45, 7) is 3.69. The molecule has 1 saturated carbocycles. The fourth-order valence-corrected chi connectivity index (χ4v) is 5.44. The van der Waals surface area contributed by atoms with E-state index < -0.39 is 29.9 Å². The molecule has 43 heavy (non-hydrogen) atoms. The van der Waals surface area contributed by atoms with Crippen molar-refractivity contribution in [2.75, 3.05) is 37.4 Å². The first-order valence-corrected chi connectivity index (χ1v) is 14.6. The van der Waals surface area contributed by atoms with Gasteiger partial charge >= 0.3 is 12.2 Å². The van der Waals surface area contributed by atoms with Crippen LogP contribution in [0.1, 0.15) is 61.9 Å². The Kier molecular flexibility index (Phi) is 10.2. The fourth-order valence-electron chi connectivity index (χ4n) is 5.44. The molecule has 1 fully saturated rings. The summed E-state index contributed by atoms with van der Waals surface area (Å²) < 4.78 is 45.0. The van der Waals surface area contributed by atoms with Crippen LogP contribution in [0.15, 0.2) is 42.5 Å². The van der Waals surface area contributed by atoms with E-state index in [1.54, 1.807) is 37.1 Å². The number of aliphatic hydroxyl groups is 1. The third-order valence-corrected chi connectivity index (χ3v) is 8.17. The predicted molar refractivity (Wildman–Crippen MR) is 156 cm³/mol. The highest BCUT2D eigenvalue weighted by Gasteiger charge is 2.35. The lowest BCUT2D eigenvalue weighted by Gasteiger charge is -2.38. The number of urea groups is 1. The summed E-state index contributed by atoms with van der Waals surface area (Å²) in [6, 6.07) is 8.00. The zero-order chi connectivity index (χ0) is 31.3. The Balaban J connectivity index is 1.52. The Morgan fingerprint density at radius 2 is 1.72 bits per heavy atom. The number of aliphatic hydroxyl groups excluding tert-OH is 1. The molecule has 9 nitrogen and oxygen atoms in total. The first-order chi connectivity index (χ1) is 20.4. The van der Waals surface area contributed by atoms with Gasteiger partial charge in [0.2, 0.25) is 5.91 Å². The molecule has 4 amide bonds. The molecule has 2 aliphatic rings. The second-order valence-corrected chi connectivity index (χ2v) is 11.5. The van der Waals surface area contributed by atoms with Crippen LogP contribution in [0.5, 0.6) is 5.75 Å². The molecule has 2 aromatic carbocycles. The maximum Gasteiger partial charge on any atom is 0.416 e. The van der Waals surface area contributed by atoms with E-state index in [1.165, 1.54) is 17.0 Å². The lowest BCUT2D eigenvalue weighted by atomic mass is 9.88. The van der Waals surface area contributed by atoms with Crippen molar-refractivity contribution in [3.05, 3.63) is 53.6 Å². The highest BCUT2D eigenvalue weighted by atomic mass is 19.4. The van der Waals surface area contributed by atoms with Crippen LogP contribution in [0.3, 0.4) is 0 Å². The van der Waals surface area contributed by atoms with E-state index >= 15 is 0 Å². The minimum Gasteiger partial charge on any atom is -0.487 e. The Labute approximate surface area is 249 Å². The zero-order valence-corrected chi connectivity index (χ0v) is 24.6. The van der Waals surface area contributed by atoms with E-state index in [-0.39, 0.29) is 60.3 Å². The van der Waals surface area contributed by atoms with Gasteiger partial charge in [-0.1, -0.05) is 26.2 Å². The molecule has 234 valence electrons. The molecule has 3 atom stereocenters. The molecule has 0 aromatic heterocycles. The summed E-state index contributed by atoms with van der Waals surface area (Å²) in [5, 5.41) is 15.4. The molecule has 0 radical (unpaired) electrons. The summed E-state index contributed by atoms with van der Waals surface area (Å²) >= 11 is 0. The molecule has 3 N–H and O–H groups in total. The van der Waals surface area contributed by atoms with E-state index in [2.05, 4.69) is 10.6 Å². The number of nitrogens with zero attached hydrogens (tertiary/aromatic N) is 2. The van der Waals surface area contributed by atoms with Crippen LogP contribution >= 0.6 is 0 Å². The number of carbonyl (C=O) groups excluding carboxylic acids is 3. The average Bonchev–Trinajstić information content (AvgIpc) is 2.99. The quantitative estimate of drug-likeness (QED) is 0.381. The summed E-state index contributed by atoms with van der Waals surface area (Å²) in [7, 11) is 1.54. The number of rotatable bonds is 7. The number of anilines is 2. The van der Waals surface area contributed by atoms with Crippen molar-refractivity contribution in [1.29, 1.82) is 0 Å². The van der Waals surface area contributed by atoms with Crippen molar-refractivity contribution in [2.45, 2.75) is 64.3 Å². The normalized spacial score (nSPS) is 20.3. The molecule has 1 aliphatic heterocycles. The molecular formula is C31H39F3N4O5. The van der Waals surface area contributed by atoms with Gasteiger partial charge in [-0.2, -0.15) is 13.2 Å². The van der Waals surface area contributed by atoms with Gasteiger partial charge in [-0.05, 0) is 62.2 Å². The average molecular weight is 605 g/mol. The van der Waals surface area contributed by atoms with Gasteiger partial charge in [0.1, 0.15) is 11.9 Å². The van der Waals surface area contributed by atoms with Crippen molar-refractivity contribution < 1.29 is 37.4 Å². The van der Waals surface area contributed by atoms with Crippen LogP contribution in [0.2, 0.25) is 0 Å². The Morgan fingerprint density at radius 1 is 1.07 bits per heavy atom. The number of carbonyl (C=O) groups is 3. The number of alkyl halides is 3. The van der Waals surface area contributed by atoms with Crippen LogP contribution in [0, 0.1) is 11.8 Å². The van der Waals surface area contributed by atoms with Crippen molar-refractivity contribution in [3.63, 3.8) is 0 Å². The zero-order valence-electron chi connectivity index (χ0n) is 24.6. The Morgan fingerprint density at radius 3 is 2.35 bits per heavy atom. The predicted octanol–water partition coefficient (Wildman–Crippen LogP) is 5.61. The molecule has 0 spiro atoms. The summed E-state index contributed by atoms with van der Waals surface area (Å²) in [5.74, 6) is -0.472. The molecule has 12 heteroatoms. The van der Waals surface area contributed by atoms with Gasteiger partial charge in [0.25, 0.3) is 5.91 Å². The molecule has 0 bridgehead atoms. The molecule has 1 heterocycles. The highest BCUT2D eigenvalue weighted by Crippen LogP contribution is 2.32. The number of halogens is 3. The smallest absolute Gasteiger partial charge is 0.416 e. The maximum atomic E-state index is 13.7. The van der Waals surface area contributed by atoms with Gasteiger partial charge in [-0.3, -0.25) is 9.59 Å². The number of fused-ring (bicyclic) bond motifs is 1. The van der Waals surface area contributed by atoms with Crippen LogP contribution in [0.4, 0.5) is 29.3 Å². The second kappa shape index (κ2) is 13.7. The Bertz CT molecular complexity index is 1300. The number of likely N-dealkylation sites (N-methyl/N-ethyl adjacent to an activating group) is 1. The van der Waals surface area contributed by atoms with Crippen LogP contribution < -0.4 is 15.4 Å². The monoisotopic (exact) mass is 604 g/mol. The van der Waals surface area contributed by atoms with E-state index in [4.69, 9.17) is 4.74 Å². The number of amides is 4. The van der Waals surface area contributed by atoms with E-state index in [0.717, 1.165) is 44.2 Å². The fraction of sp³-hybridized carbons (Fsp3) is 0.516. The lowest BCUT2D eigenvalue weighted by Crippen LogP contribution is -2.50. The maximum absolute atomic E-state index is 13.7. The van der Waals surface area contributed by atoms with Crippen LogP contribution in [0.25, 0.3) is 0 Å². The molecular weight excluding hydrogens is 565 g/mol. The first kappa shape index (κ1) is 32.1. The van der Waals surface area contributed by atoms with Crippen molar-refractivity contribution in [1.82, 2.24) is 9.80 Å². The first-order valence-electron chi connectivity index (χ1n) is 14.6. The summed E-state index contributed by atoms with van der Waals surface area (Å²) in [4.78, 5) is 42.4. The number of ether oxygens (including phenoxy) is 1. The number of hydrogen-bond donors (Lipinski definition) is 3. The molecule has 4 rings (SSSR count). The number of nitrogens with one attached hydrogen (secondary N) is 2. The third kappa shape index (κ3) is 7.98. The topological polar surface area (TPSA) is 111 Å². The standard InChI is InChI=1S/C31H39F3N4O5/c1-19-16-38(20(2)18-39)29(41)25-15-24(35-28(40)21-7-5-4-6-8-21)13-14-26(25)43-27(19)17-37(3)30(42)36-23-11-9-22(10-12-23)31(32,33)34/h9-15,19-21,27,39H,4-8,16-18H2,1-3H3,(H,35,40)(H,36,42)/t19-,20-,27+/m0/s1. The third-order valence-electron chi connectivity index (χ3n) is 8.17. The van der Waals surface area contributed by atoms with Gasteiger partial charge in [-0.25, -0.2) is 4.79 Å². The van der Waals surface area contributed by atoms with E-state index in [1.807, 2.05) is 6.92 Å². The van der Waals surface area contributed by atoms with Crippen molar-refractivity contribution in [3.8, 4) is 5.75 Å². The second-order valence-electron chi connectivity index (χ2n) is 11.5. The van der Waals surface area contributed by atoms with Gasteiger partial charge in [0.05, 0.1) is 30.3 Å². The molecule has 1 aliphatic carbocycles. The van der Waals surface area contributed by atoms with Crippen molar-refractivity contribution in [2.24, 2.45) is 11.8 Å². The highest BCUT2D eigenvalue weighted by molar-refractivity contribution is 6.00. The Hall–Kier alpha value is -3.80. The molecule has 0 unspecified atom stereocenters. The molecule has 0 saturated heterocycles. The summed E-state index contributed by atoms with van der Waals surface area (Å²) in [6.07, 6.45) is -0.241. The SMILES string of the molecule is C[C@H]1CN([C@@H](C)CO)C(=O)c2cc(NC(=O)C3CCCCC3)ccc2O[C@@H]1CN(C)C(=O)Nc1ccc(C(F)(F)F)cc1. The summed E-state index contributed by atoms with van der Waals surface area (Å²) in [5.41, 5.74) is 0.0944.